The molecule has 0 aliphatic rings. The van der Waals surface area contributed by atoms with Crippen molar-refractivity contribution < 1.29 is 22.4 Å². The normalized spacial score (nSPS) is 11.3. The van der Waals surface area contributed by atoms with Crippen LogP contribution in [0.1, 0.15) is 11.1 Å². The first-order valence-corrected chi connectivity index (χ1v) is 8.34. The lowest BCUT2D eigenvalue weighted by Gasteiger charge is -2.23. The van der Waals surface area contributed by atoms with Crippen LogP contribution in [0.5, 0.6) is 0 Å². The van der Waals surface area contributed by atoms with E-state index in [1.54, 1.807) is 30.3 Å². The average Bonchev–Trinajstić information content (AvgIpc) is 2.66. The Balaban J connectivity index is 2.07. The van der Waals surface area contributed by atoms with Crippen molar-refractivity contribution in [2.45, 2.75) is 12.7 Å². The Bertz CT molecular complexity index is 970. The number of carbonyl (C=O) groups is 1. The summed E-state index contributed by atoms with van der Waals surface area (Å²) in [7, 11) is 0. The summed E-state index contributed by atoms with van der Waals surface area (Å²) in [5.74, 6) is -0.479. The maximum Gasteiger partial charge on any atom is 0.416 e. The number of urea groups is 1. The molecule has 0 fully saturated rings. The Hall–Kier alpha value is -3.35. The van der Waals surface area contributed by atoms with E-state index in [-0.39, 0.29) is 6.54 Å². The number of hydrogen-bond donors (Lipinski definition) is 1. The van der Waals surface area contributed by atoms with Crippen molar-refractivity contribution in [3.05, 3.63) is 89.7 Å². The molecule has 2 amide bonds. The molecule has 3 aromatic carbocycles. The van der Waals surface area contributed by atoms with E-state index in [0.29, 0.717) is 22.4 Å². The van der Waals surface area contributed by atoms with Crippen molar-refractivity contribution in [1.82, 2.24) is 0 Å². The number of primary amides is 1. The van der Waals surface area contributed by atoms with E-state index in [4.69, 9.17) is 5.73 Å². The second-order valence-corrected chi connectivity index (χ2v) is 6.14. The summed E-state index contributed by atoms with van der Waals surface area (Å²) in [6.07, 6.45) is -4.50. The van der Waals surface area contributed by atoms with E-state index in [2.05, 4.69) is 0 Å². The van der Waals surface area contributed by atoms with Crippen LogP contribution in [0.25, 0.3) is 11.1 Å². The molecule has 144 valence electrons. The van der Waals surface area contributed by atoms with Gasteiger partial charge in [-0.1, -0.05) is 36.4 Å². The fraction of sp³-hybridized carbons (Fsp3) is 0.0952. The standard InChI is InChI=1S/C21H16F4N2O/c22-17-8-10-18(11-9-17)27(20(26)28)13-15-6-7-16(21(23,24)25)12-19(15)14-4-2-1-3-5-14/h1-12H,13H2,(H2,26,28). The molecule has 0 saturated carbocycles. The first-order chi connectivity index (χ1) is 13.3. The zero-order chi connectivity index (χ0) is 20.3. The maximum atomic E-state index is 13.2. The van der Waals surface area contributed by atoms with Crippen LogP contribution in [0.3, 0.4) is 0 Å². The molecular weight excluding hydrogens is 372 g/mol. The molecule has 7 heteroatoms. The van der Waals surface area contributed by atoms with Crippen molar-refractivity contribution >= 4 is 11.7 Å². The van der Waals surface area contributed by atoms with E-state index >= 15 is 0 Å². The highest BCUT2D eigenvalue weighted by molar-refractivity contribution is 5.91. The lowest BCUT2D eigenvalue weighted by Crippen LogP contribution is -2.35. The Morgan fingerprint density at radius 3 is 2.14 bits per heavy atom. The molecule has 2 N–H and O–H groups in total. The number of nitrogens with zero attached hydrogens (tertiary/aromatic N) is 1. The second-order valence-electron chi connectivity index (χ2n) is 6.14. The van der Waals surface area contributed by atoms with Crippen LogP contribution in [-0.2, 0) is 12.7 Å². The minimum absolute atomic E-state index is 0.0661. The van der Waals surface area contributed by atoms with Crippen molar-refractivity contribution in [3.63, 3.8) is 0 Å². The molecule has 3 nitrogen and oxygen atoms in total. The van der Waals surface area contributed by atoms with Crippen LogP contribution in [0.2, 0.25) is 0 Å². The molecule has 0 bridgehead atoms. The third-order valence-electron chi connectivity index (χ3n) is 4.25. The van der Waals surface area contributed by atoms with Gasteiger partial charge in [-0.15, -0.1) is 0 Å². The van der Waals surface area contributed by atoms with Crippen LogP contribution >= 0.6 is 0 Å². The molecule has 0 aromatic heterocycles. The van der Waals surface area contributed by atoms with Crippen molar-refractivity contribution in [3.8, 4) is 11.1 Å². The van der Waals surface area contributed by atoms with E-state index in [9.17, 15) is 22.4 Å². The number of hydrogen-bond acceptors (Lipinski definition) is 1. The summed E-state index contributed by atoms with van der Waals surface area (Å²) >= 11 is 0. The third kappa shape index (κ3) is 4.31. The molecular formula is C21H16F4N2O. The number of halogens is 4. The van der Waals surface area contributed by atoms with E-state index in [1.807, 2.05) is 0 Å². The van der Waals surface area contributed by atoms with Crippen LogP contribution < -0.4 is 10.6 Å². The second kappa shape index (κ2) is 7.72. The first kappa shape index (κ1) is 19.4. The van der Waals surface area contributed by atoms with Crippen LogP contribution in [0, 0.1) is 5.82 Å². The molecule has 0 atom stereocenters. The average molecular weight is 388 g/mol. The minimum atomic E-state index is -4.50. The highest BCUT2D eigenvalue weighted by atomic mass is 19.4. The van der Waals surface area contributed by atoms with Crippen LogP contribution in [0.4, 0.5) is 28.0 Å². The van der Waals surface area contributed by atoms with Crippen molar-refractivity contribution in [2.24, 2.45) is 5.73 Å². The van der Waals surface area contributed by atoms with Gasteiger partial charge in [0.2, 0.25) is 0 Å². The number of alkyl halides is 3. The monoisotopic (exact) mass is 388 g/mol. The predicted octanol–water partition coefficient (Wildman–Crippen LogP) is 5.60. The zero-order valence-electron chi connectivity index (χ0n) is 14.6. The highest BCUT2D eigenvalue weighted by Gasteiger charge is 2.31. The molecule has 0 aliphatic carbocycles. The highest BCUT2D eigenvalue weighted by Crippen LogP contribution is 2.35. The fourth-order valence-corrected chi connectivity index (χ4v) is 2.86. The molecule has 3 rings (SSSR count). The van der Waals surface area contributed by atoms with Gasteiger partial charge in [-0.25, -0.2) is 9.18 Å². The molecule has 0 radical (unpaired) electrons. The number of carbonyl (C=O) groups excluding carboxylic acids is 1. The first-order valence-electron chi connectivity index (χ1n) is 8.34. The smallest absolute Gasteiger partial charge is 0.351 e. The largest absolute Gasteiger partial charge is 0.416 e. The maximum absolute atomic E-state index is 13.2. The number of rotatable bonds is 4. The zero-order valence-corrected chi connectivity index (χ0v) is 14.6. The van der Waals surface area contributed by atoms with Gasteiger partial charge in [0.15, 0.2) is 0 Å². The van der Waals surface area contributed by atoms with Gasteiger partial charge in [-0.2, -0.15) is 13.2 Å². The molecule has 0 unspecified atom stereocenters. The number of amides is 2. The number of benzene rings is 3. The molecule has 28 heavy (non-hydrogen) atoms. The summed E-state index contributed by atoms with van der Waals surface area (Å²) in [6, 6.07) is 16.2. The molecule has 0 spiro atoms. The minimum Gasteiger partial charge on any atom is -0.351 e. The van der Waals surface area contributed by atoms with Crippen LogP contribution in [-0.4, -0.2) is 6.03 Å². The van der Waals surface area contributed by atoms with Gasteiger partial charge in [0, 0.05) is 5.69 Å². The Labute approximate surface area is 159 Å². The SMILES string of the molecule is NC(=O)N(Cc1ccc(C(F)(F)F)cc1-c1ccccc1)c1ccc(F)cc1. The van der Waals surface area contributed by atoms with Gasteiger partial charge < -0.3 is 5.73 Å². The van der Waals surface area contributed by atoms with Gasteiger partial charge in [0.25, 0.3) is 0 Å². The van der Waals surface area contributed by atoms with E-state index in [0.717, 1.165) is 12.1 Å². The summed E-state index contributed by atoms with van der Waals surface area (Å²) < 4.78 is 52.7. The molecule has 0 heterocycles. The van der Waals surface area contributed by atoms with Crippen LogP contribution in [0.15, 0.2) is 72.8 Å². The molecule has 3 aromatic rings. The summed E-state index contributed by atoms with van der Waals surface area (Å²) in [4.78, 5) is 13.1. The van der Waals surface area contributed by atoms with Gasteiger partial charge >= 0.3 is 12.2 Å². The predicted molar refractivity (Wildman–Crippen MR) is 99.0 cm³/mol. The summed E-state index contributed by atoms with van der Waals surface area (Å²) in [5.41, 5.74) is 6.39. The summed E-state index contributed by atoms with van der Waals surface area (Å²) in [5, 5.41) is 0. The topological polar surface area (TPSA) is 46.3 Å². The van der Waals surface area contributed by atoms with E-state index in [1.165, 1.54) is 35.2 Å². The fourth-order valence-electron chi connectivity index (χ4n) is 2.86. The quantitative estimate of drug-likeness (QED) is 0.582. The Morgan fingerprint density at radius 2 is 1.57 bits per heavy atom. The van der Waals surface area contributed by atoms with E-state index < -0.39 is 23.6 Å². The van der Waals surface area contributed by atoms with Crippen molar-refractivity contribution in [1.29, 1.82) is 0 Å². The molecule has 0 saturated heterocycles. The number of nitrogens with two attached hydrogens (primary N) is 1. The number of anilines is 1. The van der Waals surface area contributed by atoms with Gasteiger partial charge in [-0.3, -0.25) is 4.90 Å². The molecule has 0 aliphatic heterocycles. The van der Waals surface area contributed by atoms with Gasteiger partial charge in [-0.05, 0) is 53.1 Å². The van der Waals surface area contributed by atoms with Gasteiger partial charge in [0.1, 0.15) is 5.82 Å². The lowest BCUT2D eigenvalue weighted by molar-refractivity contribution is -0.137. The lowest BCUT2D eigenvalue weighted by atomic mass is 9.96. The summed E-state index contributed by atoms with van der Waals surface area (Å²) in [6.45, 7) is -0.0661. The van der Waals surface area contributed by atoms with Gasteiger partial charge in [0.05, 0.1) is 12.1 Å². The Morgan fingerprint density at radius 1 is 0.929 bits per heavy atom. The Kier molecular flexibility index (Phi) is 5.35. The van der Waals surface area contributed by atoms with Crippen molar-refractivity contribution in [2.75, 3.05) is 4.90 Å². The third-order valence-corrected chi connectivity index (χ3v) is 4.25.